The molecule has 0 aromatic carbocycles. The molecule has 0 spiro atoms. The van der Waals surface area contributed by atoms with Crippen molar-refractivity contribution < 1.29 is 42.7 Å². The summed E-state index contributed by atoms with van der Waals surface area (Å²) in [5.74, 6) is -0.181. The van der Waals surface area contributed by atoms with Gasteiger partial charge in [0.2, 0.25) is 0 Å². The molecule has 0 saturated carbocycles. The Balaban J connectivity index is 2.15. The second-order valence-electron chi connectivity index (χ2n) is 13.4. The van der Waals surface area contributed by atoms with E-state index in [1.807, 2.05) is 6.08 Å². The van der Waals surface area contributed by atoms with E-state index in [0.29, 0.717) is 12.8 Å². The molecule has 1 aliphatic heterocycles. The summed E-state index contributed by atoms with van der Waals surface area (Å²) in [4.78, 5) is 42.7. The third-order valence-electron chi connectivity index (χ3n) is 8.24. The first kappa shape index (κ1) is 44.3. The summed E-state index contributed by atoms with van der Waals surface area (Å²) < 4.78 is 32.0. The monoisotopic (exact) mass is 698 g/mol. The van der Waals surface area contributed by atoms with Crippen molar-refractivity contribution in [3.63, 3.8) is 0 Å². The van der Waals surface area contributed by atoms with E-state index in [9.17, 15) is 14.2 Å². The van der Waals surface area contributed by atoms with E-state index >= 15 is 0 Å². The highest BCUT2D eigenvalue weighted by Crippen LogP contribution is 2.36. The number of unbranched alkanes of at least 4 members (excludes halogenated alkanes) is 12. The highest BCUT2D eigenvalue weighted by molar-refractivity contribution is 7.46. The summed E-state index contributed by atoms with van der Waals surface area (Å²) >= 11 is 0. The smallest absolute Gasteiger partial charge is 0.462 e. The Morgan fingerprint density at radius 2 is 1.27 bits per heavy atom. The molecule has 2 N–H and O–H groups in total. The zero-order chi connectivity index (χ0) is 35.3. The summed E-state index contributed by atoms with van der Waals surface area (Å²) in [5.41, 5.74) is 0. The third-order valence-corrected chi connectivity index (χ3v) is 8.73. The molecule has 1 rings (SSSR count). The van der Waals surface area contributed by atoms with Crippen LogP contribution in [0.2, 0.25) is 0 Å². The molecule has 1 aliphatic rings. The minimum absolute atomic E-state index is 0.183. The van der Waals surface area contributed by atoms with E-state index in [1.165, 1.54) is 57.8 Å². The molecule has 0 aliphatic carbocycles. The Morgan fingerprint density at radius 1 is 0.708 bits per heavy atom. The van der Waals surface area contributed by atoms with Crippen molar-refractivity contribution in [3.05, 3.63) is 36.5 Å². The minimum Gasteiger partial charge on any atom is -0.462 e. The van der Waals surface area contributed by atoms with Gasteiger partial charge in [-0.3, -0.25) is 14.1 Å². The normalized spacial score (nSPS) is 17.2. The van der Waals surface area contributed by atoms with Gasteiger partial charge in [-0.2, -0.15) is 0 Å². The molecule has 0 bridgehead atoms. The van der Waals surface area contributed by atoms with Crippen LogP contribution < -0.4 is 0 Å². The Hall–Kier alpha value is -1.77. The molecule has 1 fully saturated rings. The quantitative estimate of drug-likeness (QED) is 0.0232. The van der Waals surface area contributed by atoms with Gasteiger partial charge in [0.1, 0.15) is 6.61 Å². The average molecular weight is 699 g/mol. The Kier molecular flexibility index (Phi) is 26.7. The van der Waals surface area contributed by atoms with Gasteiger partial charge in [-0.15, -0.1) is 0 Å². The number of hydrogen-bond acceptors (Lipinski definition) is 7. The third kappa shape index (κ3) is 29.2. The molecule has 0 radical (unpaired) electrons. The Bertz CT molecular complexity index is 956. The largest absolute Gasteiger partial charge is 0.469 e. The zero-order valence-corrected chi connectivity index (χ0v) is 31.1. The first-order valence-corrected chi connectivity index (χ1v) is 20.3. The van der Waals surface area contributed by atoms with Crippen LogP contribution in [0.25, 0.3) is 0 Å². The van der Waals surface area contributed by atoms with Crippen molar-refractivity contribution in [1.29, 1.82) is 0 Å². The lowest BCUT2D eigenvalue weighted by Gasteiger charge is -2.18. The molecule has 1 heterocycles. The molecular formula is C38H67O9P. The lowest BCUT2D eigenvalue weighted by atomic mass is 10.0. The number of hydrogen-bond donors (Lipinski definition) is 2. The lowest BCUT2D eigenvalue weighted by molar-refractivity contribution is -0.161. The number of ether oxygens (including phenoxy) is 3. The molecule has 48 heavy (non-hydrogen) atoms. The highest BCUT2D eigenvalue weighted by Gasteiger charge is 2.36. The number of allylic oxidation sites excluding steroid dienone is 4. The van der Waals surface area contributed by atoms with Crippen LogP contribution in [0.5, 0.6) is 0 Å². The van der Waals surface area contributed by atoms with Crippen LogP contribution in [0, 0.1) is 5.92 Å². The maximum Gasteiger partial charge on any atom is 0.469 e. The van der Waals surface area contributed by atoms with Gasteiger partial charge in [-0.1, -0.05) is 128 Å². The summed E-state index contributed by atoms with van der Waals surface area (Å²) in [6.45, 7) is 5.87. The SMILES string of the molecule is CCCCC/C=C\C/C=C\CC1OC1C/C=C\CCCC(=O)OC[C@H](COP(=O)(O)O)OC(=O)CCCCCCCCCCCC(C)C. The highest BCUT2D eigenvalue weighted by atomic mass is 31.2. The van der Waals surface area contributed by atoms with Crippen molar-refractivity contribution in [2.75, 3.05) is 13.2 Å². The van der Waals surface area contributed by atoms with Gasteiger partial charge < -0.3 is 24.0 Å². The summed E-state index contributed by atoms with van der Waals surface area (Å²) in [6, 6.07) is 0. The fraction of sp³-hybridized carbons (Fsp3) is 0.789. The number of phosphoric acid groups is 1. The van der Waals surface area contributed by atoms with Crippen molar-refractivity contribution >= 4 is 19.8 Å². The average Bonchev–Trinajstić information content (AvgIpc) is 3.79. The van der Waals surface area contributed by atoms with Gasteiger partial charge in [-0.05, 0) is 57.3 Å². The second-order valence-corrected chi connectivity index (χ2v) is 14.7. The molecule has 2 unspecified atom stereocenters. The minimum atomic E-state index is -4.76. The topological polar surface area (TPSA) is 132 Å². The molecule has 1 saturated heterocycles. The van der Waals surface area contributed by atoms with Crippen LogP contribution >= 0.6 is 7.82 Å². The first-order valence-electron chi connectivity index (χ1n) is 18.8. The number of esters is 2. The molecule has 278 valence electrons. The number of carbonyl (C=O) groups excluding carboxylic acids is 2. The molecule has 0 amide bonds. The second kappa shape index (κ2) is 29.0. The summed E-state index contributed by atoms with van der Waals surface area (Å²) in [7, 11) is -4.76. The van der Waals surface area contributed by atoms with E-state index in [-0.39, 0.29) is 31.7 Å². The van der Waals surface area contributed by atoms with Crippen molar-refractivity contribution in [3.8, 4) is 0 Å². The molecule has 0 aromatic heterocycles. The maximum atomic E-state index is 12.3. The van der Waals surface area contributed by atoms with Crippen molar-refractivity contribution in [2.24, 2.45) is 5.92 Å². The van der Waals surface area contributed by atoms with Gasteiger partial charge in [0.25, 0.3) is 0 Å². The lowest BCUT2D eigenvalue weighted by Crippen LogP contribution is -2.29. The maximum absolute atomic E-state index is 12.3. The fourth-order valence-corrected chi connectivity index (χ4v) is 5.66. The predicted octanol–water partition coefficient (Wildman–Crippen LogP) is 9.85. The van der Waals surface area contributed by atoms with Crippen molar-refractivity contribution in [1.82, 2.24) is 0 Å². The van der Waals surface area contributed by atoms with Crippen LogP contribution in [-0.4, -0.2) is 53.3 Å². The van der Waals surface area contributed by atoms with Crippen molar-refractivity contribution in [2.45, 2.75) is 174 Å². The van der Waals surface area contributed by atoms with E-state index in [1.54, 1.807) is 0 Å². The van der Waals surface area contributed by atoms with Crippen LogP contribution in [0.1, 0.15) is 156 Å². The molecule has 3 atom stereocenters. The van der Waals surface area contributed by atoms with Gasteiger partial charge in [-0.25, -0.2) is 4.57 Å². The fourth-order valence-electron chi connectivity index (χ4n) is 5.30. The predicted molar refractivity (Wildman–Crippen MR) is 192 cm³/mol. The number of rotatable bonds is 32. The van der Waals surface area contributed by atoms with Gasteiger partial charge in [0.05, 0.1) is 18.8 Å². The molecule has 0 aromatic rings. The van der Waals surface area contributed by atoms with Crippen LogP contribution in [0.4, 0.5) is 0 Å². The number of epoxide rings is 1. The van der Waals surface area contributed by atoms with Gasteiger partial charge in [0.15, 0.2) is 6.10 Å². The summed E-state index contributed by atoms with van der Waals surface area (Å²) in [5, 5.41) is 0. The van der Waals surface area contributed by atoms with E-state index in [2.05, 4.69) is 55.7 Å². The van der Waals surface area contributed by atoms with Gasteiger partial charge >= 0.3 is 19.8 Å². The van der Waals surface area contributed by atoms with Gasteiger partial charge in [0, 0.05) is 12.8 Å². The van der Waals surface area contributed by atoms with E-state index in [0.717, 1.165) is 57.3 Å². The first-order chi connectivity index (χ1) is 23.1. The standard InChI is InChI=1S/C38H67O9P/c1-4-5-6-7-8-10-14-17-22-27-35-36(47-35)28-23-19-20-24-29-37(39)44-31-34(32-45-48(41,42)43)46-38(40)30-25-18-15-12-9-11-13-16-21-26-33(2)3/h8,10,17,19,22-23,33-36H,4-7,9,11-16,18,20-21,24-32H2,1-3H3,(H2,41,42,43)/b10-8-,22-17-,23-19-/t34-,35?,36?/m1/s1. The van der Waals surface area contributed by atoms with Crippen LogP contribution in [0.15, 0.2) is 36.5 Å². The summed E-state index contributed by atoms with van der Waals surface area (Å²) in [6.07, 6.45) is 33.4. The Morgan fingerprint density at radius 3 is 1.92 bits per heavy atom. The number of phosphoric ester groups is 1. The van der Waals surface area contributed by atoms with Crippen LogP contribution in [-0.2, 0) is 32.9 Å². The molecule has 10 heteroatoms. The zero-order valence-electron chi connectivity index (χ0n) is 30.2. The van der Waals surface area contributed by atoms with E-state index < -0.39 is 32.5 Å². The Labute approximate surface area is 291 Å². The molecular weight excluding hydrogens is 631 g/mol. The molecule has 9 nitrogen and oxygen atoms in total. The van der Waals surface area contributed by atoms with E-state index in [4.69, 9.17) is 24.0 Å². The van der Waals surface area contributed by atoms with Crippen LogP contribution in [0.3, 0.4) is 0 Å². The number of carbonyl (C=O) groups is 2.